The van der Waals surface area contributed by atoms with Gasteiger partial charge in [-0.15, -0.1) is 0 Å². The summed E-state index contributed by atoms with van der Waals surface area (Å²) >= 11 is 0. The topological polar surface area (TPSA) is 26.3 Å². The lowest BCUT2D eigenvalue weighted by atomic mass is 9.51. The Bertz CT molecular complexity index is 615. The quantitative estimate of drug-likeness (QED) is 0.749. The summed E-state index contributed by atoms with van der Waals surface area (Å²) in [4.78, 5) is 12.9. The van der Waals surface area contributed by atoms with Crippen LogP contribution >= 0.6 is 0 Å². The smallest absolute Gasteiger partial charge is 0.142 e. The molecular formula is C21H28O2. The van der Waals surface area contributed by atoms with Gasteiger partial charge < -0.3 is 4.74 Å². The first-order valence-corrected chi connectivity index (χ1v) is 9.68. The van der Waals surface area contributed by atoms with Crippen LogP contribution in [0.5, 0.6) is 0 Å². The number of carbonyl (C=O) groups excluding carboxylic acids is 1. The third-order valence-electron chi connectivity index (χ3n) is 8.19. The average molecular weight is 312 g/mol. The Morgan fingerprint density at radius 3 is 2.87 bits per heavy atom. The van der Waals surface area contributed by atoms with Gasteiger partial charge in [0.1, 0.15) is 5.78 Å². The molecule has 0 saturated heterocycles. The molecule has 3 saturated carbocycles. The Labute approximate surface area is 139 Å². The van der Waals surface area contributed by atoms with E-state index in [-0.39, 0.29) is 5.41 Å². The summed E-state index contributed by atoms with van der Waals surface area (Å²) < 4.78 is 5.49. The van der Waals surface area contributed by atoms with Crippen LogP contribution in [0.2, 0.25) is 0 Å². The normalized spacial score (nSPS) is 50.1. The Morgan fingerprint density at radius 1 is 1.22 bits per heavy atom. The number of ketones is 1. The Balaban J connectivity index is 1.50. The van der Waals surface area contributed by atoms with Crippen molar-refractivity contribution in [3.8, 4) is 0 Å². The fraction of sp³-hybridized carbons (Fsp3) is 0.762. The maximum atomic E-state index is 12.9. The van der Waals surface area contributed by atoms with Crippen LogP contribution in [0.3, 0.4) is 0 Å². The van der Waals surface area contributed by atoms with E-state index < -0.39 is 0 Å². The molecule has 0 amide bonds. The average Bonchev–Trinajstić information content (AvgIpc) is 3.34. The lowest BCUT2D eigenvalue weighted by molar-refractivity contribution is -0.136. The van der Waals surface area contributed by atoms with E-state index in [1.54, 1.807) is 7.11 Å². The van der Waals surface area contributed by atoms with E-state index in [1.807, 2.05) is 0 Å². The van der Waals surface area contributed by atoms with Gasteiger partial charge in [-0.2, -0.15) is 0 Å². The van der Waals surface area contributed by atoms with Crippen LogP contribution in [-0.4, -0.2) is 12.9 Å². The zero-order valence-electron chi connectivity index (χ0n) is 14.4. The molecule has 23 heavy (non-hydrogen) atoms. The van der Waals surface area contributed by atoms with Gasteiger partial charge in [-0.25, -0.2) is 0 Å². The molecule has 3 fully saturated rings. The fourth-order valence-electron chi connectivity index (χ4n) is 7.12. The number of hydrogen-bond donors (Lipinski definition) is 0. The van der Waals surface area contributed by atoms with Crippen LogP contribution in [0, 0.1) is 40.9 Å². The van der Waals surface area contributed by atoms with E-state index in [0.29, 0.717) is 17.6 Å². The van der Waals surface area contributed by atoms with Crippen molar-refractivity contribution in [3.05, 3.63) is 23.5 Å². The molecule has 5 aliphatic rings. The zero-order chi connectivity index (χ0) is 15.8. The van der Waals surface area contributed by atoms with Crippen molar-refractivity contribution in [1.29, 1.82) is 0 Å². The van der Waals surface area contributed by atoms with Gasteiger partial charge in [-0.1, -0.05) is 13.0 Å². The van der Waals surface area contributed by atoms with Crippen molar-refractivity contribution in [2.45, 2.75) is 51.9 Å². The summed E-state index contributed by atoms with van der Waals surface area (Å²) in [7, 11) is 1.80. The summed E-state index contributed by atoms with van der Waals surface area (Å²) in [5.74, 6) is 6.05. The van der Waals surface area contributed by atoms with E-state index >= 15 is 0 Å². The first kappa shape index (κ1) is 14.3. The molecule has 0 aliphatic heterocycles. The molecule has 5 aliphatic carbocycles. The van der Waals surface area contributed by atoms with Gasteiger partial charge in [-0.05, 0) is 79.8 Å². The fourth-order valence-corrected chi connectivity index (χ4v) is 7.12. The first-order chi connectivity index (χ1) is 11.2. The minimum atomic E-state index is 0.0717. The molecule has 0 aromatic carbocycles. The third kappa shape index (κ3) is 1.73. The van der Waals surface area contributed by atoms with Crippen molar-refractivity contribution in [2.75, 3.05) is 7.11 Å². The van der Waals surface area contributed by atoms with E-state index in [4.69, 9.17) is 4.74 Å². The van der Waals surface area contributed by atoms with Gasteiger partial charge in [0.05, 0.1) is 12.9 Å². The lowest BCUT2D eigenvalue weighted by Crippen LogP contribution is -2.48. The van der Waals surface area contributed by atoms with Gasteiger partial charge in [0, 0.05) is 17.8 Å². The van der Waals surface area contributed by atoms with E-state index in [0.717, 1.165) is 42.3 Å². The van der Waals surface area contributed by atoms with Crippen molar-refractivity contribution in [3.63, 3.8) is 0 Å². The highest BCUT2D eigenvalue weighted by Crippen LogP contribution is 2.71. The van der Waals surface area contributed by atoms with E-state index in [2.05, 4.69) is 19.1 Å². The molecule has 0 N–H and O–H groups in total. The predicted octanol–water partition coefficient (Wildman–Crippen LogP) is 4.51. The SMILES string of the molecule is CC[C@]12CC[C@H]3[C@@H](CC=C4C=C(OC)CC[C@@H]43)[C@@H]1[C@@H]1C[C@@H]1C2=O. The maximum Gasteiger partial charge on any atom is 0.142 e. The maximum absolute atomic E-state index is 12.9. The molecule has 124 valence electrons. The molecule has 0 radical (unpaired) electrons. The summed E-state index contributed by atoms with van der Waals surface area (Å²) in [6.07, 6.45) is 13.1. The Hall–Kier alpha value is -1.05. The highest BCUT2D eigenvalue weighted by Gasteiger charge is 2.70. The molecule has 0 aromatic rings. The number of fused-ring (bicyclic) bond motifs is 7. The molecule has 2 heteroatoms. The minimum absolute atomic E-state index is 0.0717. The molecule has 0 unspecified atom stereocenters. The van der Waals surface area contributed by atoms with Gasteiger partial charge in [0.25, 0.3) is 0 Å². The number of hydrogen-bond acceptors (Lipinski definition) is 2. The van der Waals surface area contributed by atoms with Gasteiger partial charge in [0.15, 0.2) is 0 Å². The van der Waals surface area contributed by atoms with Gasteiger partial charge in [-0.3, -0.25) is 4.79 Å². The molecular weight excluding hydrogens is 284 g/mol. The van der Waals surface area contributed by atoms with Crippen LogP contribution in [-0.2, 0) is 9.53 Å². The summed E-state index contributed by atoms with van der Waals surface area (Å²) in [6, 6.07) is 0. The lowest BCUT2D eigenvalue weighted by Gasteiger charge is -2.52. The third-order valence-corrected chi connectivity index (χ3v) is 8.19. The largest absolute Gasteiger partial charge is 0.501 e. The second kappa shape index (κ2) is 4.74. The van der Waals surface area contributed by atoms with Crippen LogP contribution < -0.4 is 0 Å². The molecule has 0 spiro atoms. The monoisotopic (exact) mass is 312 g/mol. The number of carbonyl (C=O) groups is 1. The number of methoxy groups -OCH3 is 1. The van der Waals surface area contributed by atoms with E-state index in [1.165, 1.54) is 37.7 Å². The molecule has 0 heterocycles. The van der Waals surface area contributed by atoms with Crippen LogP contribution in [0.4, 0.5) is 0 Å². The number of Topliss-reactive ketones (excluding diaryl/α,β-unsaturated/α-hetero) is 1. The first-order valence-electron chi connectivity index (χ1n) is 9.68. The summed E-state index contributed by atoms with van der Waals surface area (Å²) in [5, 5.41) is 0. The number of allylic oxidation sites excluding steroid dienone is 4. The van der Waals surface area contributed by atoms with Crippen molar-refractivity contribution in [1.82, 2.24) is 0 Å². The minimum Gasteiger partial charge on any atom is -0.501 e. The number of rotatable bonds is 2. The van der Waals surface area contributed by atoms with Crippen LogP contribution in [0.15, 0.2) is 23.5 Å². The van der Waals surface area contributed by atoms with Crippen molar-refractivity contribution < 1.29 is 9.53 Å². The standard InChI is InChI=1S/C21H28O2/c1-3-21-9-8-15-14-7-5-13(23-2)10-12(14)4-6-16(15)19(21)17-11-18(17)20(21)22/h4,10,14-19H,3,5-9,11H2,1-2H3/t14-,15+,16+,17+,18-,19+,21-/m0/s1. The Morgan fingerprint density at radius 2 is 2.09 bits per heavy atom. The predicted molar refractivity (Wildman–Crippen MR) is 89.5 cm³/mol. The Kier molecular flexibility index (Phi) is 2.95. The number of ether oxygens (including phenoxy) is 1. The van der Waals surface area contributed by atoms with E-state index in [9.17, 15) is 4.79 Å². The molecule has 7 atom stereocenters. The molecule has 2 nitrogen and oxygen atoms in total. The molecule has 0 bridgehead atoms. The van der Waals surface area contributed by atoms with Crippen molar-refractivity contribution >= 4 is 5.78 Å². The van der Waals surface area contributed by atoms with Crippen LogP contribution in [0.1, 0.15) is 51.9 Å². The highest BCUT2D eigenvalue weighted by atomic mass is 16.5. The zero-order valence-corrected chi connectivity index (χ0v) is 14.4. The highest BCUT2D eigenvalue weighted by molar-refractivity contribution is 5.93. The second-order valence-electron chi connectivity index (χ2n) is 8.67. The van der Waals surface area contributed by atoms with Gasteiger partial charge in [0.2, 0.25) is 0 Å². The van der Waals surface area contributed by atoms with Crippen LogP contribution in [0.25, 0.3) is 0 Å². The van der Waals surface area contributed by atoms with Crippen molar-refractivity contribution in [2.24, 2.45) is 40.9 Å². The van der Waals surface area contributed by atoms with Gasteiger partial charge >= 0.3 is 0 Å². The summed E-state index contributed by atoms with van der Waals surface area (Å²) in [5.41, 5.74) is 1.61. The second-order valence-corrected chi connectivity index (χ2v) is 8.67. The summed E-state index contributed by atoms with van der Waals surface area (Å²) in [6.45, 7) is 2.27. The molecule has 0 aromatic heterocycles. The molecule has 5 rings (SSSR count).